The van der Waals surface area contributed by atoms with Gasteiger partial charge in [-0.05, 0) is 66.7 Å². The molecule has 0 atom stereocenters. The van der Waals surface area contributed by atoms with Crippen LogP contribution < -0.4 is 5.48 Å². The van der Waals surface area contributed by atoms with Crippen LogP contribution in [0.1, 0.15) is 33.4 Å². The Morgan fingerprint density at radius 1 is 0.697 bits per heavy atom. The molecule has 3 rings (SSSR count). The standard InChI is InChI=1S/C28H19N3O2/c1-2-32-17-18-33-31-28-19-24(8-3-22-4-9-25(20-29)10-5-22)14-16-27(28)15-13-23-6-11-26(21-30)12-7-23/h2,4-7,9-12,14,16,19,31H,1,17-18H2. The molecule has 0 aliphatic rings. The van der Waals surface area contributed by atoms with Crippen molar-refractivity contribution in [2.45, 2.75) is 0 Å². The van der Waals surface area contributed by atoms with Gasteiger partial charge in [0.15, 0.2) is 0 Å². The van der Waals surface area contributed by atoms with Crippen LogP contribution >= 0.6 is 0 Å². The van der Waals surface area contributed by atoms with Gasteiger partial charge in [0, 0.05) is 16.7 Å². The van der Waals surface area contributed by atoms with Crippen LogP contribution in [0.4, 0.5) is 5.69 Å². The van der Waals surface area contributed by atoms with E-state index in [0.717, 1.165) is 22.3 Å². The zero-order valence-electron chi connectivity index (χ0n) is 17.8. The van der Waals surface area contributed by atoms with Gasteiger partial charge in [0.05, 0.1) is 40.8 Å². The number of hydrogen-bond acceptors (Lipinski definition) is 5. The zero-order chi connectivity index (χ0) is 23.3. The monoisotopic (exact) mass is 429 g/mol. The molecule has 0 radical (unpaired) electrons. The molecule has 158 valence electrons. The van der Waals surface area contributed by atoms with Crippen LogP contribution in [0.5, 0.6) is 0 Å². The third kappa shape index (κ3) is 7.06. The molecular weight excluding hydrogens is 410 g/mol. The van der Waals surface area contributed by atoms with Crippen LogP contribution in [0, 0.1) is 46.3 Å². The van der Waals surface area contributed by atoms with Gasteiger partial charge in [0.1, 0.15) is 13.2 Å². The summed E-state index contributed by atoms with van der Waals surface area (Å²) >= 11 is 0. The summed E-state index contributed by atoms with van der Waals surface area (Å²) in [5.41, 5.74) is 7.88. The van der Waals surface area contributed by atoms with Gasteiger partial charge in [-0.2, -0.15) is 10.5 Å². The maximum absolute atomic E-state index is 8.93. The Balaban J connectivity index is 1.83. The van der Waals surface area contributed by atoms with Crippen LogP contribution in [0.2, 0.25) is 0 Å². The van der Waals surface area contributed by atoms with Gasteiger partial charge in [-0.15, -0.1) is 0 Å². The van der Waals surface area contributed by atoms with E-state index in [4.69, 9.17) is 20.1 Å². The summed E-state index contributed by atoms with van der Waals surface area (Å²) in [7, 11) is 0. The fourth-order valence-corrected chi connectivity index (χ4v) is 2.66. The Kier molecular flexibility index (Phi) is 8.30. The van der Waals surface area contributed by atoms with E-state index in [-0.39, 0.29) is 0 Å². The Bertz CT molecular complexity index is 1320. The van der Waals surface area contributed by atoms with Gasteiger partial charge >= 0.3 is 0 Å². The molecule has 0 unspecified atom stereocenters. The minimum absolute atomic E-state index is 0.315. The first-order chi connectivity index (χ1) is 16.2. The summed E-state index contributed by atoms with van der Waals surface area (Å²) in [6.45, 7) is 4.17. The zero-order valence-corrected chi connectivity index (χ0v) is 17.8. The molecule has 0 saturated heterocycles. The van der Waals surface area contributed by atoms with Gasteiger partial charge in [0.2, 0.25) is 0 Å². The highest BCUT2D eigenvalue weighted by Gasteiger charge is 2.02. The second kappa shape index (κ2) is 12.0. The average Bonchev–Trinajstić information content (AvgIpc) is 2.87. The number of hydrogen-bond donors (Lipinski definition) is 1. The van der Waals surface area contributed by atoms with E-state index < -0.39 is 0 Å². The molecule has 5 nitrogen and oxygen atoms in total. The molecule has 0 spiro atoms. The Hall–Kier alpha value is -4.94. The number of nitrogens with zero attached hydrogens (tertiary/aromatic N) is 2. The minimum atomic E-state index is 0.315. The summed E-state index contributed by atoms with van der Waals surface area (Å²) in [6, 6.07) is 23.9. The molecule has 0 aliphatic carbocycles. The Morgan fingerprint density at radius 2 is 1.21 bits per heavy atom. The first kappa shape index (κ1) is 22.7. The quantitative estimate of drug-likeness (QED) is 0.265. The van der Waals surface area contributed by atoms with Crippen molar-refractivity contribution in [1.29, 1.82) is 10.5 Å². The van der Waals surface area contributed by atoms with Crippen LogP contribution in [0.25, 0.3) is 0 Å². The summed E-state index contributed by atoms with van der Waals surface area (Å²) < 4.78 is 5.06. The first-order valence-corrected chi connectivity index (χ1v) is 10.0. The van der Waals surface area contributed by atoms with Crippen molar-refractivity contribution < 1.29 is 9.57 Å². The second-order valence-corrected chi connectivity index (χ2v) is 6.63. The van der Waals surface area contributed by atoms with Crippen molar-refractivity contribution in [3.63, 3.8) is 0 Å². The fourth-order valence-electron chi connectivity index (χ4n) is 2.66. The summed E-state index contributed by atoms with van der Waals surface area (Å²) in [4.78, 5) is 5.48. The van der Waals surface area contributed by atoms with E-state index in [0.29, 0.717) is 30.0 Å². The number of nitriles is 2. The number of anilines is 1. The molecular formula is C28H19N3O2. The van der Waals surface area contributed by atoms with Crippen molar-refractivity contribution in [2.24, 2.45) is 0 Å². The van der Waals surface area contributed by atoms with E-state index in [9.17, 15) is 0 Å². The molecule has 3 aromatic rings. The van der Waals surface area contributed by atoms with E-state index in [1.807, 2.05) is 30.3 Å². The highest BCUT2D eigenvalue weighted by Crippen LogP contribution is 2.17. The van der Waals surface area contributed by atoms with Gasteiger partial charge < -0.3 is 4.74 Å². The van der Waals surface area contributed by atoms with Crippen molar-refractivity contribution in [2.75, 3.05) is 18.7 Å². The Morgan fingerprint density at radius 3 is 1.79 bits per heavy atom. The third-order valence-electron chi connectivity index (χ3n) is 4.34. The predicted molar refractivity (Wildman–Crippen MR) is 126 cm³/mol. The summed E-state index contributed by atoms with van der Waals surface area (Å²) in [5.74, 6) is 12.4. The fraction of sp³-hybridized carbons (Fsp3) is 0.0714. The van der Waals surface area contributed by atoms with E-state index in [2.05, 4.69) is 47.9 Å². The number of nitrogens with one attached hydrogen (secondary N) is 1. The molecule has 33 heavy (non-hydrogen) atoms. The van der Waals surface area contributed by atoms with Crippen molar-refractivity contribution in [1.82, 2.24) is 0 Å². The minimum Gasteiger partial charge on any atom is -0.499 e. The second-order valence-electron chi connectivity index (χ2n) is 6.63. The molecule has 1 N–H and O–H groups in total. The maximum atomic E-state index is 8.93. The van der Waals surface area contributed by atoms with Crippen molar-refractivity contribution >= 4 is 5.69 Å². The van der Waals surface area contributed by atoms with Crippen LogP contribution in [0.3, 0.4) is 0 Å². The molecule has 0 amide bonds. The molecule has 0 saturated carbocycles. The van der Waals surface area contributed by atoms with Gasteiger partial charge in [-0.1, -0.05) is 30.3 Å². The predicted octanol–water partition coefficient (Wildman–Crippen LogP) is 4.73. The Labute approximate surface area is 193 Å². The van der Waals surface area contributed by atoms with Gasteiger partial charge in [-0.3, -0.25) is 10.3 Å². The van der Waals surface area contributed by atoms with Crippen LogP contribution in [0.15, 0.2) is 79.6 Å². The van der Waals surface area contributed by atoms with Gasteiger partial charge in [0.25, 0.3) is 0 Å². The summed E-state index contributed by atoms with van der Waals surface area (Å²) in [5, 5.41) is 17.8. The SMILES string of the molecule is C=COCCONc1cc(C#Cc2ccc(C#N)cc2)ccc1C#Cc1ccc(C#N)cc1. The highest BCUT2D eigenvalue weighted by molar-refractivity contribution is 5.63. The molecule has 0 fully saturated rings. The van der Waals surface area contributed by atoms with Crippen LogP contribution in [-0.2, 0) is 9.57 Å². The van der Waals surface area contributed by atoms with Crippen molar-refractivity contribution in [3.05, 3.63) is 113 Å². The van der Waals surface area contributed by atoms with E-state index in [1.54, 1.807) is 36.4 Å². The lowest BCUT2D eigenvalue weighted by atomic mass is 10.1. The lowest BCUT2D eigenvalue weighted by molar-refractivity contribution is 0.122. The van der Waals surface area contributed by atoms with Gasteiger partial charge in [-0.25, -0.2) is 0 Å². The lowest BCUT2D eigenvalue weighted by Gasteiger charge is -2.09. The first-order valence-electron chi connectivity index (χ1n) is 10.0. The molecule has 0 bridgehead atoms. The lowest BCUT2D eigenvalue weighted by Crippen LogP contribution is -2.08. The molecule has 3 aromatic carbocycles. The average molecular weight is 429 g/mol. The third-order valence-corrected chi connectivity index (χ3v) is 4.34. The molecule has 0 aliphatic heterocycles. The number of rotatable bonds is 6. The normalized spacial score (nSPS) is 9.15. The topological polar surface area (TPSA) is 78.1 Å². The maximum Gasteiger partial charge on any atom is 0.113 e. The van der Waals surface area contributed by atoms with E-state index >= 15 is 0 Å². The highest BCUT2D eigenvalue weighted by atomic mass is 16.7. The number of benzene rings is 3. The van der Waals surface area contributed by atoms with Crippen molar-refractivity contribution in [3.8, 4) is 35.8 Å². The van der Waals surface area contributed by atoms with Crippen LogP contribution in [-0.4, -0.2) is 13.2 Å². The molecule has 5 heteroatoms. The molecule has 0 heterocycles. The molecule has 0 aromatic heterocycles. The number of ether oxygens (including phenoxy) is 1. The van der Waals surface area contributed by atoms with E-state index in [1.165, 1.54) is 6.26 Å². The summed E-state index contributed by atoms with van der Waals surface area (Å²) in [6.07, 6.45) is 1.36. The smallest absolute Gasteiger partial charge is 0.113 e. The largest absolute Gasteiger partial charge is 0.499 e.